The topological polar surface area (TPSA) is 195 Å². The fraction of sp³-hybridized carbons (Fsp3) is 0.423. The summed E-state index contributed by atoms with van der Waals surface area (Å²) in [4.78, 5) is 60.7. The Morgan fingerprint density at radius 2 is 1.63 bits per heavy atom. The predicted molar refractivity (Wildman–Crippen MR) is 141 cm³/mol. The molecule has 204 valence electrons. The summed E-state index contributed by atoms with van der Waals surface area (Å²) in [6.07, 6.45) is 5.56. The van der Waals surface area contributed by atoms with Gasteiger partial charge in [0.1, 0.15) is 18.1 Å². The summed E-state index contributed by atoms with van der Waals surface area (Å²) in [5.74, 6) is -3.09. The monoisotopic (exact) mass is 525 g/mol. The summed E-state index contributed by atoms with van der Waals surface area (Å²) in [5, 5.41) is 17.9. The van der Waals surface area contributed by atoms with Crippen LogP contribution in [0.4, 0.5) is 0 Å². The second-order valence-electron chi connectivity index (χ2n) is 9.45. The Hall–Kier alpha value is -4.19. The Kier molecular flexibility index (Phi) is 9.61. The zero-order valence-electron chi connectivity index (χ0n) is 21.7. The number of carboxylic acids is 1. The molecule has 1 aromatic carbocycles. The number of aromatic nitrogens is 3. The maximum Gasteiger partial charge on any atom is 0.325 e. The van der Waals surface area contributed by atoms with Gasteiger partial charge in [0, 0.05) is 41.8 Å². The largest absolute Gasteiger partial charge is 0.480 e. The smallest absolute Gasteiger partial charge is 0.325 e. The summed E-state index contributed by atoms with van der Waals surface area (Å²) >= 11 is 0. The van der Waals surface area contributed by atoms with E-state index in [-0.39, 0.29) is 18.8 Å². The first-order valence-electron chi connectivity index (χ1n) is 12.5. The number of hydrogen-bond acceptors (Lipinski definition) is 6. The van der Waals surface area contributed by atoms with Crippen LogP contribution in [-0.2, 0) is 32.0 Å². The number of fused-ring (bicyclic) bond motifs is 1. The van der Waals surface area contributed by atoms with Crippen molar-refractivity contribution < 1.29 is 24.3 Å². The van der Waals surface area contributed by atoms with Crippen LogP contribution in [-0.4, -0.2) is 67.9 Å². The highest BCUT2D eigenvalue weighted by molar-refractivity contribution is 5.95. The molecule has 2 aromatic heterocycles. The van der Waals surface area contributed by atoms with Crippen LogP contribution in [0.15, 0.2) is 43.0 Å². The van der Waals surface area contributed by atoms with Gasteiger partial charge in [-0.15, -0.1) is 0 Å². The summed E-state index contributed by atoms with van der Waals surface area (Å²) in [5.41, 5.74) is 8.36. The summed E-state index contributed by atoms with van der Waals surface area (Å²) in [7, 11) is 0. The van der Waals surface area contributed by atoms with Gasteiger partial charge in [-0.1, -0.05) is 38.5 Å². The molecule has 5 atom stereocenters. The number of carbonyl (C=O) groups is 4. The first kappa shape index (κ1) is 28.4. The standard InChI is InChI=1S/C26H35N7O5/c1-4-14(2)22(27)25(36)33-20(9-16-11-29-19-8-6-5-7-18(16)19)24(35)32-21(10-17-12-28-13-30-17)23(34)31-15(3)26(37)38/h5-8,11-15,20-22,29H,4,9-10,27H2,1-3H3,(H,28,30)(H,31,34)(H,32,35)(H,33,36)(H,37,38). The van der Waals surface area contributed by atoms with E-state index in [1.54, 1.807) is 6.20 Å². The van der Waals surface area contributed by atoms with E-state index in [2.05, 4.69) is 30.9 Å². The third-order valence-corrected chi connectivity index (χ3v) is 6.63. The van der Waals surface area contributed by atoms with Gasteiger partial charge in [0.25, 0.3) is 0 Å². The van der Waals surface area contributed by atoms with Crippen LogP contribution in [0.2, 0.25) is 0 Å². The van der Waals surface area contributed by atoms with Crippen molar-refractivity contribution in [2.75, 3.05) is 0 Å². The number of benzene rings is 1. The molecule has 0 saturated heterocycles. The van der Waals surface area contributed by atoms with Gasteiger partial charge in [-0.25, -0.2) is 4.98 Å². The number of para-hydroxylation sites is 1. The average molecular weight is 526 g/mol. The van der Waals surface area contributed by atoms with E-state index in [4.69, 9.17) is 5.73 Å². The first-order valence-corrected chi connectivity index (χ1v) is 12.5. The number of H-pyrrole nitrogens is 2. The second-order valence-corrected chi connectivity index (χ2v) is 9.45. The lowest BCUT2D eigenvalue weighted by molar-refractivity contribution is -0.141. The van der Waals surface area contributed by atoms with Crippen molar-refractivity contribution in [3.63, 3.8) is 0 Å². The van der Waals surface area contributed by atoms with Crippen molar-refractivity contribution in [3.8, 4) is 0 Å². The molecule has 2 heterocycles. The predicted octanol–water partition coefficient (Wildman–Crippen LogP) is 0.609. The zero-order chi connectivity index (χ0) is 27.8. The SMILES string of the molecule is CCC(C)C(N)C(=O)NC(Cc1c[nH]c2ccccc12)C(=O)NC(Cc1cnc[nH]1)C(=O)NC(C)C(=O)O. The lowest BCUT2D eigenvalue weighted by Gasteiger charge is -2.25. The van der Waals surface area contributed by atoms with Crippen LogP contribution in [0.3, 0.4) is 0 Å². The van der Waals surface area contributed by atoms with Gasteiger partial charge in [0.05, 0.1) is 12.4 Å². The van der Waals surface area contributed by atoms with Crippen molar-refractivity contribution in [2.45, 2.75) is 64.2 Å². The first-order chi connectivity index (χ1) is 18.1. The van der Waals surface area contributed by atoms with E-state index in [0.29, 0.717) is 12.1 Å². The van der Waals surface area contributed by atoms with Crippen molar-refractivity contribution in [1.82, 2.24) is 30.9 Å². The van der Waals surface area contributed by atoms with Crippen LogP contribution in [0.1, 0.15) is 38.4 Å². The Bertz CT molecular complexity index is 1260. The van der Waals surface area contributed by atoms with Crippen molar-refractivity contribution in [2.24, 2.45) is 11.7 Å². The maximum atomic E-state index is 13.6. The number of aromatic amines is 2. The van der Waals surface area contributed by atoms with Crippen molar-refractivity contribution in [1.29, 1.82) is 0 Å². The van der Waals surface area contributed by atoms with Gasteiger partial charge < -0.3 is 36.8 Å². The minimum Gasteiger partial charge on any atom is -0.480 e. The van der Waals surface area contributed by atoms with Gasteiger partial charge in [0.2, 0.25) is 17.7 Å². The lowest BCUT2D eigenvalue weighted by atomic mass is 9.98. The van der Waals surface area contributed by atoms with E-state index in [1.807, 2.05) is 38.1 Å². The minimum absolute atomic E-state index is 0.0318. The van der Waals surface area contributed by atoms with E-state index < -0.39 is 47.9 Å². The maximum absolute atomic E-state index is 13.6. The van der Waals surface area contributed by atoms with E-state index in [1.165, 1.54) is 19.4 Å². The summed E-state index contributed by atoms with van der Waals surface area (Å²) < 4.78 is 0. The number of nitrogens with one attached hydrogen (secondary N) is 5. The number of carboxylic acid groups (broad SMARTS) is 1. The van der Waals surface area contributed by atoms with Gasteiger partial charge in [-0.3, -0.25) is 19.2 Å². The van der Waals surface area contributed by atoms with Crippen LogP contribution in [0.5, 0.6) is 0 Å². The molecule has 0 spiro atoms. The fourth-order valence-electron chi connectivity index (χ4n) is 3.98. The molecular formula is C26H35N7O5. The molecule has 3 aromatic rings. The van der Waals surface area contributed by atoms with Crippen LogP contribution >= 0.6 is 0 Å². The highest BCUT2D eigenvalue weighted by atomic mass is 16.4. The normalized spacial score (nSPS) is 15.2. The molecule has 3 rings (SSSR count). The van der Waals surface area contributed by atoms with Crippen LogP contribution in [0, 0.1) is 5.92 Å². The molecule has 3 amide bonds. The highest BCUT2D eigenvalue weighted by Crippen LogP contribution is 2.19. The summed E-state index contributed by atoms with van der Waals surface area (Å²) in [6.45, 7) is 5.10. The minimum atomic E-state index is -1.21. The second kappa shape index (κ2) is 12.9. The van der Waals surface area contributed by atoms with Crippen molar-refractivity contribution >= 4 is 34.6 Å². The Morgan fingerprint density at radius 3 is 2.29 bits per heavy atom. The molecule has 0 fully saturated rings. The lowest BCUT2D eigenvalue weighted by Crippen LogP contribution is -2.58. The molecular weight excluding hydrogens is 490 g/mol. The molecule has 38 heavy (non-hydrogen) atoms. The quantitative estimate of drug-likeness (QED) is 0.170. The van der Waals surface area contributed by atoms with E-state index >= 15 is 0 Å². The summed E-state index contributed by atoms with van der Waals surface area (Å²) in [6, 6.07) is 3.40. The number of nitrogens with two attached hydrogens (primary N) is 1. The number of carbonyl (C=O) groups excluding carboxylic acids is 3. The van der Waals surface area contributed by atoms with Gasteiger partial charge in [0.15, 0.2) is 0 Å². The molecule has 0 saturated carbocycles. The number of hydrogen-bond donors (Lipinski definition) is 7. The molecule has 0 aliphatic carbocycles. The van der Waals surface area contributed by atoms with E-state index in [9.17, 15) is 24.3 Å². The number of imidazole rings is 1. The zero-order valence-corrected chi connectivity index (χ0v) is 21.7. The van der Waals surface area contributed by atoms with E-state index in [0.717, 1.165) is 16.5 Å². The molecule has 8 N–H and O–H groups in total. The van der Waals surface area contributed by atoms with Crippen LogP contribution in [0.25, 0.3) is 10.9 Å². The molecule has 0 aliphatic heterocycles. The van der Waals surface area contributed by atoms with Gasteiger partial charge in [-0.2, -0.15) is 0 Å². The number of amides is 3. The molecule has 0 aliphatic rings. The third kappa shape index (κ3) is 7.19. The van der Waals surface area contributed by atoms with Gasteiger partial charge in [-0.05, 0) is 24.5 Å². The Balaban J connectivity index is 1.86. The molecule has 0 radical (unpaired) electrons. The third-order valence-electron chi connectivity index (χ3n) is 6.63. The molecule has 5 unspecified atom stereocenters. The fourth-order valence-corrected chi connectivity index (χ4v) is 3.98. The van der Waals surface area contributed by atoms with Gasteiger partial charge >= 0.3 is 5.97 Å². The Morgan fingerprint density at radius 1 is 0.974 bits per heavy atom. The number of nitrogens with zero attached hydrogens (tertiary/aromatic N) is 1. The number of rotatable bonds is 13. The molecule has 12 heteroatoms. The highest BCUT2D eigenvalue weighted by Gasteiger charge is 2.31. The molecule has 0 bridgehead atoms. The average Bonchev–Trinajstić information content (AvgIpc) is 3.56. The van der Waals surface area contributed by atoms with Crippen LogP contribution < -0.4 is 21.7 Å². The van der Waals surface area contributed by atoms with Crippen molar-refractivity contribution in [3.05, 3.63) is 54.2 Å². The number of aliphatic carboxylic acids is 1. The Labute approximate surface area is 220 Å². The molecule has 12 nitrogen and oxygen atoms in total.